The normalized spacial score (nSPS) is 42.5. The number of phosphoric acid groups is 1. The lowest BCUT2D eigenvalue weighted by Gasteiger charge is -2.58. The fraction of sp³-hybridized carbons (Fsp3) is 0.932. The minimum atomic E-state index is -3.79. The molecular formula is C59H103ClNO4P. The molecule has 6 saturated carbocycles. The van der Waals surface area contributed by atoms with Crippen LogP contribution in [0, 0.1) is 92.7 Å². The molecule has 0 spiro atoms. The van der Waals surface area contributed by atoms with Gasteiger partial charge in [-0.05, 0) is 222 Å². The summed E-state index contributed by atoms with van der Waals surface area (Å²) in [6.07, 6.45) is 33.9. The molecule has 0 amide bonds. The van der Waals surface area contributed by atoms with E-state index in [0.29, 0.717) is 17.4 Å². The maximum absolute atomic E-state index is 15.1. The Hall–Kier alpha value is -0.160. The molecule has 0 heterocycles. The number of hydrogen-bond donors (Lipinski definition) is 0. The van der Waals surface area contributed by atoms with Gasteiger partial charge in [-0.3, -0.25) is 13.6 Å². The van der Waals surface area contributed by atoms with Gasteiger partial charge in [0.05, 0.1) is 18.8 Å². The third kappa shape index (κ3) is 10.7. The van der Waals surface area contributed by atoms with Gasteiger partial charge in [0.2, 0.25) is 0 Å². The van der Waals surface area contributed by atoms with Gasteiger partial charge in [-0.1, -0.05) is 131 Å². The zero-order valence-electron chi connectivity index (χ0n) is 44.9. The molecule has 0 unspecified atom stereocenters. The zero-order chi connectivity index (χ0) is 46.5. The molecule has 0 aliphatic heterocycles. The van der Waals surface area contributed by atoms with Crippen molar-refractivity contribution in [3.8, 4) is 0 Å². The summed E-state index contributed by atoms with van der Waals surface area (Å²) in [6.45, 7) is 26.7. The number of hydrogen-bond acceptors (Lipinski definition) is 5. The lowest BCUT2D eigenvalue weighted by molar-refractivity contribution is -0.0627. The molecule has 6 fully saturated rings. The second-order valence-corrected chi connectivity index (χ2v) is 28.5. The van der Waals surface area contributed by atoms with Crippen LogP contribution < -0.4 is 0 Å². The van der Waals surface area contributed by atoms with Crippen LogP contribution >= 0.6 is 20.2 Å². The van der Waals surface area contributed by atoms with Crippen molar-refractivity contribution in [3.05, 3.63) is 23.3 Å². The number of allylic oxidation sites excluding steroid dienone is 2. The van der Waals surface area contributed by atoms with Crippen molar-refractivity contribution >= 4 is 20.2 Å². The quantitative estimate of drug-likeness (QED) is 0.0733. The first kappa shape index (κ1) is 53.6. The first-order chi connectivity index (χ1) is 30.8. The highest BCUT2D eigenvalue weighted by Gasteiger charge is 2.61. The molecule has 5 nitrogen and oxygen atoms in total. The Balaban J connectivity index is 0.00000648. The van der Waals surface area contributed by atoms with E-state index in [9.17, 15) is 0 Å². The maximum atomic E-state index is 15.1. The maximum Gasteiger partial charge on any atom is 0.475 e. The van der Waals surface area contributed by atoms with Gasteiger partial charge in [0.25, 0.3) is 0 Å². The Morgan fingerprint density at radius 3 is 1.44 bits per heavy atom. The van der Waals surface area contributed by atoms with Gasteiger partial charge in [0.15, 0.2) is 0 Å². The summed E-state index contributed by atoms with van der Waals surface area (Å²) in [6, 6.07) is 0. The molecule has 16 atom stereocenters. The summed E-state index contributed by atoms with van der Waals surface area (Å²) >= 11 is 0. The van der Waals surface area contributed by atoms with Crippen LogP contribution in [0.15, 0.2) is 23.3 Å². The fourth-order valence-corrected chi connectivity index (χ4v) is 20.1. The van der Waals surface area contributed by atoms with Crippen molar-refractivity contribution in [1.82, 2.24) is 4.90 Å². The van der Waals surface area contributed by atoms with Gasteiger partial charge in [0, 0.05) is 0 Å². The van der Waals surface area contributed by atoms with Crippen LogP contribution in [0.25, 0.3) is 0 Å². The second-order valence-electron chi connectivity index (χ2n) is 27.0. The fourth-order valence-electron chi connectivity index (χ4n) is 18.5. The average molecular weight is 957 g/mol. The Kier molecular flexibility index (Phi) is 17.5. The van der Waals surface area contributed by atoms with Gasteiger partial charge in [-0.15, -0.1) is 12.4 Å². The van der Waals surface area contributed by atoms with E-state index in [1.54, 1.807) is 11.1 Å². The topological polar surface area (TPSA) is 48.0 Å². The number of halogens is 1. The molecule has 0 saturated heterocycles. The Morgan fingerprint density at radius 2 is 1.03 bits per heavy atom. The van der Waals surface area contributed by atoms with Gasteiger partial charge >= 0.3 is 7.82 Å². The van der Waals surface area contributed by atoms with Crippen LogP contribution in [0.5, 0.6) is 0 Å². The van der Waals surface area contributed by atoms with E-state index in [1.807, 2.05) is 0 Å². The van der Waals surface area contributed by atoms with E-state index < -0.39 is 7.82 Å². The molecule has 66 heavy (non-hydrogen) atoms. The lowest BCUT2D eigenvalue weighted by Crippen LogP contribution is -2.51. The molecule has 0 bridgehead atoms. The molecule has 7 heteroatoms. The van der Waals surface area contributed by atoms with Crippen molar-refractivity contribution < 1.29 is 18.1 Å². The van der Waals surface area contributed by atoms with E-state index >= 15 is 4.57 Å². The van der Waals surface area contributed by atoms with E-state index in [1.165, 1.54) is 103 Å². The van der Waals surface area contributed by atoms with E-state index in [4.69, 9.17) is 13.6 Å². The van der Waals surface area contributed by atoms with Crippen molar-refractivity contribution in [2.45, 2.75) is 229 Å². The molecule has 380 valence electrons. The summed E-state index contributed by atoms with van der Waals surface area (Å²) in [5, 5.41) is 0. The molecule has 0 radical (unpaired) electrons. The summed E-state index contributed by atoms with van der Waals surface area (Å²) in [4.78, 5) is 2.17. The SMILES string of the molecule is CC(C)CCC[C@@H](C)[C@H]1CC[C@H]2[C@@H]3CC=C4C[C@@H](OP(=O)(OCCCN(C)C)O[C@H]5CC[C@@]6(C)C(=CC[C@H]7[C@@H]8CC[C@H]([C@H](C)CCCC(C)C)[C@@]8(C)CC[C@@H]76)C5)CC[C@]4(C)[C@H]3CC[C@]12C.Cl. The van der Waals surface area contributed by atoms with Crippen LogP contribution in [0.2, 0.25) is 0 Å². The highest BCUT2D eigenvalue weighted by molar-refractivity contribution is 7.48. The second kappa shape index (κ2) is 21.5. The number of phosphoric ester groups is 1. The molecule has 0 aromatic heterocycles. The van der Waals surface area contributed by atoms with Crippen molar-refractivity contribution in [1.29, 1.82) is 0 Å². The van der Waals surface area contributed by atoms with Crippen LogP contribution in [-0.2, 0) is 18.1 Å². The molecule has 0 aromatic carbocycles. The first-order valence-corrected chi connectivity index (χ1v) is 29.9. The number of rotatable bonds is 19. The monoisotopic (exact) mass is 956 g/mol. The van der Waals surface area contributed by atoms with Gasteiger partial charge in [0.1, 0.15) is 0 Å². The van der Waals surface area contributed by atoms with Crippen molar-refractivity contribution in [2.24, 2.45) is 92.7 Å². The summed E-state index contributed by atoms with van der Waals surface area (Å²) in [5.41, 5.74) is 4.63. The molecule has 0 aromatic rings. The van der Waals surface area contributed by atoms with Crippen LogP contribution in [0.3, 0.4) is 0 Å². The molecule has 8 aliphatic carbocycles. The Labute approximate surface area is 413 Å². The highest BCUT2D eigenvalue weighted by Crippen LogP contribution is 2.70. The van der Waals surface area contributed by atoms with Gasteiger partial charge in [-0.2, -0.15) is 0 Å². The summed E-state index contributed by atoms with van der Waals surface area (Å²) in [5.74, 6) is 9.97. The first-order valence-electron chi connectivity index (χ1n) is 28.4. The minimum Gasteiger partial charge on any atom is -0.309 e. The van der Waals surface area contributed by atoms with Crippen LogP contribution in [0.4, 0.5) is 0 Å². The van der Waals surface area contributed by atoms with Gasteiger partial charge < -0.3 is 4.90 Å². The minimum absolute atomic E-state index is 0. The average Bonchev–Trinajstić information content (AvgIpc) is 3.79. The number of fused-ring (bicyclic) bond motifs is 10. The molecule has 8 aliphatic rings. The molecule has 0 N–H and O–H groups in total. The molecule has 8 rings (SSSR count). The third-order valence-electron chi connectivity index (χ3n) is 22.1. The predicted molar refractivity (Wildman–Crippen MR) is 280 cm³/mol. The number of nitrogens with zero attached hydrogens (tertiary/aromatic N) is 1. The van der Waals surface area contributed by atoms with E-state index in [-0.39, 0.29) is 35.4 Å². The van der Waals surface area contributed by atoms with Crippen molar-refractivity contribution in [3.63, 3.8) is 0 Å². The standard InChI is InChI=1S/C59H102NO4P.ClH/c1-40(2)16-13-18-42(5)50-24-26-52-48-22-20-44-38-46(28-32-56(44,7)54(48)30-34-58(50,52)9)63-65(61,62-37-15-36-60(11)12)64-47-29-33-57(8)45(39-47)21-23-49-53-27-25-51(43(6)19-14-17-41(3)4)59(53,10)35-31-55(49)57;/h20-21,40-43,46-55H,13-19,22-39H2,1-12H3;1H/t42-,43-,46+,47+,48+,49+,50-,51-,52+,53+,54+,55+,56+,57+,58-,59-;/m1./s1. The zero-order valence-corrected chi connectivity index (χ0v) is 46.6. The van der Waals surface area contributed by atoms with E-state index in [0.717, 1.165) is 123 Å². The third-order valence-corrected chi connectivity index (χ3v) is 23.7. The molecular weight excluding hydrogens is 853 g/mol. The smallest absolute Gasteiger partial charge is 0.309 e. The Morgan fingerprint density at radius 1 is 0.591 bits per heavy atom. The lowest BCUT2D eigenvalue weighted by atomic mass is 9.47. The van der Waals surface area contributed by atoms with E-state index in [2.05, 4.69) is 100 Å². The van der Waals surface area contributed by atoms with Crippen molar-refractivity contribution in [2.75, 3.05) is 27.2 Å². The van der Waals surface area contributed by atoms with Crippen LogP contribution in [0.1, 0.15) is 217 Å². The summed E-state index contributed by atoms with van der Waals surface area (Å²) < 4.78 is 35.1. The largest absolute Gasteiger partial charge is 0.475 e. The predicted octanol–water partition coefficient (Wildman–Crippen LogP) is 17.3. The highest BCUT2D eigenvalue weighted by atomic mass is 35.5. The Bertz CT molecular complexity index is 1620. The van der Waals surface area contributed by atoms with Gasteiger partial charge in [-0.25, -0.2) is 4.57 Å². The van der Waals surface area contributed by atoms with Crippen LogP contribution in [-0.4, -0.2) is 44.4 Å². The summed E-state index contributed by atoms with van der Waals surface area (Å²) in [7, 11) is 0.393.